The van der Waals surface area contributed by atoms with Crippen molar-refractivity contribution in [2.24, 2.45) is 22.7 Å². The van der Waals surface area contributed by atoms with Crippen LogP contribution in [0.1, 0.15) is 31.2 Å². The van der Waals surface area contributed by atoms with E-state index in [1.807, 2.05) is 45.0 Å². The highest BCUT2D eigenvalue weighted by molar-refractivity contribution is 7.19. The number of aryl methyl sites for hydroxylation is 1. The van der Waals surface area contributed by atoms with Crippen molar-refractivity contribution in [1.29, 1.82) is 0 Å². The smallest absolute Gasteiger partial charge is 0.234 e. The van der Waals surface area contributed by atoms with Crippen molar-refractivity contribution in [3.05, 3.63) is 45.9 Å². The summed E-state index contributed by atoms with van der Waals surface area (Å²) in [5.41, 5.74) is 3.67. The second kappa shape index (κ2) is 7.76. The molecule has 0 radical (unpaired) electrons. The molecule has 3 aromatic rings. The van der Waals surface area contributed by atoms with E-state index in [0.29, 0.717) is 18.2 Å². The van der Waals surface area contributed by atoms with Crippen molar-refractivity contribution in [1.82, 2.24) is 15.2 Å². The Labute approximate surface area is 213 Å². The minimum absolute atomic E-state index is 0.0456. The van der Waals surface area contributed by atoms with Crippen LogP contribution < -0.4 is 10.1 Å². The molecule has 2 atom stereocenters. The first-order valence-electron chi connectivity index (χ1n) is 12.0. The van der Waals surface area contributed by atoms with Crippen LogP contribution >= 0.6 is 22.9 Å². The predicted octanol–water partition coefficient (Wildman–Crippen LogP) is 5.05. The van der Waals surface area contributed by atoms with Gasteiger partial charge in [0.05, 0.1) is 35.2 Å². The van der Waals surface area contributed by atoms with Crippen molar-refractivity contribution in [2.75, 3.05) is 19.7 Å². The number of rotatable bonds is 6. The Hall–Kier alpha value is -2.48. The summed E-state index contributed by atoms with van der Waals surface area (Å²) in [7, 11) is 0. The first-order valence-corrected chi connectivity index (χ1v) is 13.2. The summed E-state index contributed by atoms with van der Waals surface area (Å²) >= 11 is 8.05. The lowest BCUT2D eigenvalue weighted by atomic mass is 9.85. The lowest BCUT2D eigenvalue weighted by molar-refractivity contribution is -0.143. The van der Waals surface area contributed by atoms with Gasteiger partial charge in [0.25, 0.3) is 0 Å². The van der Waals surface area contributed by atoms with Gasteiger partial charge in [0.1, 0.15) is 5.75 Å². The number of nitrogens with zero attached hydrogens (tertiary/aromatic N) is 2. The molecule has 2 amide bonds. The van der Waals surface area contributed by atoms with Crippen molar-refractivity contribution in [2.45, 2.75) is 34.2 Å². The lowest BCUT2D eigenvalue weighted by Crippen LogP contribution is -2.54. The summed E-state index contributed by atoms with van der Waals surface area (Å²) in [6, 6.07) is 7.84. The molecule has 2 aliphatic heterocycles. The molecule has 2 saturated heterocycles. The van der Waals surface area contributed by atoms with Crippen LogP contribution in [-0.4, -0.2) is 41.4 Å². The van der Waals surface area contributed by atoms with Crippen LogP contribution in [0.5, 0.6) is 5.75 Å². The summed E-state index contributed by atoms with van der Waals surface area (Å²) in [6.07, 6.45) is 1.79. The molecule has 6 nitrogen and oxygen atoms in total. The highest BCUT2D eigenvalue weighted by atomic mass is 35.5. The standard InChI is InChI=1S/C27H28ClN3O3S/c1-14-7-15(28)8-18(22(14)34-13-27(4)11-29-12-27)17-5-6-30-19-9-16(35-23(17)19)10-31-24(32)20-21(25(31)33)26(20,2)3/h5-9,20-21,29H,10-13H2,1-4H3. The van der Waals surface area contributed by atoms with Gasteiger partial charge in [0, 0.05) is 45.7 Å². The number of carbonyl (C=O) groups excluding carboxylic acids is 2. The van der Waals surface area contributed by atoms with E-state index in [0.717, 1.165) is 50.6 Å². The SMILES string of the molecule is Cc1cc(Cl)cc(-c2ccnc3cc(CN4C(=O)C5C(C4=O)C5(C)C)sc23)c1OCC1(C)CNC1. The fourth-order valence-corrected chi connectivity index (χ4v) is 7.02. The Balaban J connectivity index is 1.34. The third-order valence-corrected chi connectivity index (χ3v) is 9.23. The molecule has 3 fully saturated rings. The fraction of sp³-hybridized carbons (Fsp3) is 0.444. The average Bonchev–Trinajstić information content (AvgIpc) is 3.03. The molecule has 0 bridgehead atoms. The van der Waals surface area contributed by atoms with E-state index in [-0.39, 0.29) is 34.5 Å². The van der Waals surface area contributed by atoms with Gasteiger partial charge in [-0.2, -0.15) is 0 Å². The average molecular weight is 510 g/mol. The molecule has 2 aromatic heterocycles. The zero-order valence-corrected chi connectivity index (χ0v) is 21.8. The van der Waals surface area contributed by atoms with Crippen LogP contribution in [0, 0.1) is 29.6 Å². The molecule has 4 heterocycles. The number of piperidine rings is 1. The van der Waals surface area contributed by atoms with Gasteiger partial charge >= 0.3 is 0 Å². The van der Waals surface area contributed by atoms with Crippen molar-refractivity contribution in [3.8, 4) is 16.9 Å². The van der Waals surface area contributed by atoms with Crippen LogP contribution in [0.25, 0.3) is 21.3 Å². The molecule has 6 rings (SSSR count). The summed E-state index contributed by atoms with van der Waals surface area (Å²) in [4.78, 5) is 32.6. The van der Waals surface area contributed by atoms with Gasteiger partial charge < -0.3 is 10.1 Å². The number of thiophene rings is 1. The van der Waals surface area contributed by atoms with E-state index in [1.54, 1.807) is 17.5 Å². The van der Waals surface area contributed by atoms with E-state index in [2.05, 4.69) is 17.2 Å². The Morgan fingerprint density at radius 1 is 1.14 bits per heavy atom. The largest absolute Gasteiger partial charge is 0.492 e. The van der Waals surface area contributed by atoms with E-state index in [1.165, 1.54) is 4.90 Å². The van der Waals surface area contributed by atoms with Gasteiger partial charge in [-0.05, 0) is 42.2 Å². The number of aromatic nitrogens is 1. The van der Waals surface area contributed by atoms with E-state index in [9.17, 15) is 9.59 Å². The van der Waals surface area contributed by atoms with Gasteiger partial charge in [0.15, 0.2) is 0 Å². The highest BCUT2D eigenvalue weighted by Crippen LogP contribution is 2.63. The number of carbonyl (C=O) groups is 2. The van der Waals surface area contributed by atoms with Crippen molar-refractivity contribution >= 4 is 45.0 Å². The molecule has 8 heteroatoms. The molecular weight excluding hydrogens is 482 g/mol. The third kappa shape index (κ3) is 3.59. The molecule has 35 heavy (non-hydrogen) atoms. The first-order chi connectivity index (χ1) is 16.6. The summed E-state index contributed by atoms with van der Waals surface area (Å²) < 4.78 is 7.40. The maximum absolute atomic E-state index is 12.8. The molecular formula is C27H28ClN3O3S. The number of fused-ring (bicyclic) bond motifs is 2. The van der Waals surface area contributed by atoms with Crippen LogP contribution in [0.4, 0.5) is 0 Å². The number of benzene rings is 1. The quantitative estimate of drug-likeness (QED) is 0.470. The number of imide groups is 1. The number of likely N-dealkylation sites (tertiary alicyclic amines) is 1. The number of nitrogens with one attached hydrogen (secondary N) is 1. The van der Waals surface area contributed by atoms with Crippen molar-refractivity contribution < 1.29 is 14.3 Å². The van der Waals surface area contributed by atoms with Crippen LogP contribution in [0.2, 0.25) is 5.02 Å². The Kier molecular flexibility index (Phi) is 5.09. The van der Waals surface area contributed by atoms with Crippen molar-refractivity contribution in [3.63, 3.8) is 0 Å². The summed E-state index contributed by atoms with van der Waals surface area (Å²) in [5.74, 6) is 0.406. The Bertz CT molecular complexity index is 1370. The van der Waals surface area contributed by atoms with Crippen LogP contribution in [-0.2, 0) is 16.1 Å². The highest BCUT2D eigenvalue weighted by Gasteiger charge is 2.72. The first kappa shape index (κ1) is 23.0. The number of hydrogen-bond donors (Lipinski definition) is 1. The zero-order valence-electron chi connectivity index (χ0n) is 20.3. The molecule has 1 aromatic carbocycles. The molecule has 182 valence electrons. The van der Waals surface area contributed by atoms with Gasteiger partial charge in [0.2, 0.25) is 11.8 Å². The number of halogens is 1. The third-order valence-electron chi connectivity index (χ3n) is 7.87. The van der Waals surface area contributed by atoms with E-state index < -0.39 is 0 Å². The van der Waals surface area contributed by atoms with Gasteiger partial charge in [-0.15, -0.1) is 11.3 Å². The topological polar surface area (TPSA) is 71.5 Å². The maximum atomic E-state index is 12.8. The Morgan fingerprint density at radius 2 is 1.86 bits per heavy atom. The van der Waals surface area contributed by atoms with E-state index in [4.69, 9.17) is 16.3 Å². The number of pyridine rings is 1. The Morgan fingerprint density at radius 3 is 2.51 bits per heavy atom. The summed E-state index contributed by atoms with van der Waals surface area (Å²) in [6.45, 7) is 11.0. The monoisotopic (exact) mass is 509 g/mol. The molecule has 3 aliphatic rings. The lowest BCUT2D eigenvalue weighted by Gasteiger charge is -2.39. The minimum atomic E-state index is -0.201. The molecule has 1 N–H and O–H groups in total. The van der Waals surface area contributed by atoms with Crippen LogP contribution in [0.3, 0.4) is 0 Å². The molecule has 1 saturated carbocycles. The zero-order chi connectivity index (χ0) is 24.7. The predicted molar refractivity (Wildman–Crippen MR) is 138 cm³/mol. The van der Waals surface area contributed by atoms with Crippen LogP contribution in [0.15, 0.2) is 30.5 Å². The molecule has 1 aliphatic carbocycles. The van der Waals surface area contributed by atoms with Gasteiger partial charge in [-0.1, -0.05) is 32.4 Å². The van der Waals surface area contributed by atoms with Gasteiger partial charge in [-0.25, -0.2) is 0 Å². The fourth-order valence-electron chi connectivity index (χ4n) is 5.61. The summed E-state index contributed by atoms with van der Waals surface area (Å²) in [5, 5.41) is 3.97. The molecule has 0 spiro atoms. The number of ether oxygens (including phenoxy) is 1. The van der Waals surface area contributed by atoms with E-state index >= 15 is 0 Å². The minimum Gasteiger partial charge on any atom is -0.492 e. The normalized spacial score (nSPS) is 24.0. The van der Waals surface area contributed by atoms with Gasteiger partial charge in [-0.3, -0.25) is 19.5 Å². The number of hydrogen-bond acceptors (Lipinski definition) is 6. The maximum Gasteiger partial charge on any atom is 0.234 e. The second-order valence-corrected chi connectivity index (χ2v) is 12.7. The second-order valence-electron chi connectivity index (χ2n) is 11.1. The molecule has 2 unspecified atom stereocenters. The number of amides is 2.